The molecule has 0 spiro atoms. The van der Waals surface area contributed by atoms with Crippen molar-refractivity contribution in [3.63, 3.8) is 0 Å². The standard InChI is InChI=1S/C5H7N3O.C4H5N3OS/c1-3-2-4(9)8-5(6)7-3;5-2-1-3(8)7-4(9)6-2/h2H,1H3,(H3,6,7,8,9);1H,(H4,5,6,7,8,9). The van der Waals surface area contributed by atoms with Gasteiger partial charge in [-0.05, 0) is 19.1 Å². The molecule has 8 nitrogen and oxygen atoms in total. The molecule has 18 heavy (non-hydrogen) atoms. The van der Waals surface area contributed by atoms with Crippen molar-refractivity contribution in [2.45, 2.75) is 6.92 Å². The molecule has 2 heterocycles. The first kappa shape index (κ1) is 13.6. The van der Waals surface area contributed by atoms with Crippen molar-refractivity contribution in [1.82, 2.24) is 19.9 Å². The van der Waals surface area contributed by atoms with E-state index in [0.717, 1.165) is 0 Å². The van der Waals surface area contributed by atoms with Crippen LogP contribution >= 0.6 is 12.2 Å². The highest BCUT2D eigenvalue weighted by Crippen LogP contribution is 1.87. The van der Waals surface area contributed by atoms with Gasteiger partial charge >= 0.3 is 0 Å². The quantitative estimate of drug-likeness (QED) is 0.413. The number of nitrogens with zero attached hydrogens (tertiary/aromatic N) is 1. The van der Waals surface area contributed by atoms with Gasteiger partial charge in [-0.25, -0.2) is 4.98 Å². The van der Waals surface area contributed by atoms with E-state index < -0.39 is 0 Å². The molecule has 0 amide bonds. The van der Waals surface area contributed by atoms with E-state index in [1.165, 1.54) is 12.1 Å². The third-order valence-corrected chi connectivity index (χ3v) is 1.87. The zero-order chi connectivity index (χ0) is 13.7. The van der Waals surface area contributed by atoms with E-state index in [9.17, 15) is 9.59 Å². The third-order valence-electron chi connectivity index (χ3n) is 1.67. The van der Waals surface area contributed by atoms with E-state index >= 15 is 0 Å². The van der Waals surface area contributed by atoms with Crippen molar-refractivity contribution in [3.05, 3.63) is 43.3 Å². The Kier molecular flexibility index (Phi) is 4.38. The van der Waals surface area contributed by atoms with Crippen LogP contribution in [-0.2, 0) is 0 Å². The lowest BCUT2D eigenvalue weighted by Crippen LogP contribution is -2.09. The van der Waals surface area contributed by atoms with Gasteiger partial charge in [-0.2, -0.15) is 0 Å². The van der Waals surface area contributed by atoms with Crippen LogP contribution in [0.15, 0.2) is 21.7 Å². The molecular formula is C9H12N6O2S. The van der Waals surface area contributed by atoms with E-state index in [1.807, 2.05) is 0 Å². The van der Waals surface area contributed by atoms with Crippen molar-refractivity contribution < 1.29 is 0 Å². The maximum absolute atomic E-state index is 10.5. The number of anilines is 2. The second kappa shape index (κ2) is 5.77. The number of nitrogens with one attached hydrogen (secondary N) is 3. The van der Waals surface area contributed by atoms with Crippen molar-refractivity contribution in [1.29, 1.82) is 0 Å². The van der Waals surface area contributed by atoms with Gasteiger partial charge in [0.1, 0.15) is 5.82 Å². The van der Waals surface area contributed by atoms with Crippen molar-refractivity contribution >= 4 is 24.0 Å². The Balaban J connectivity index is 0.000000180. The minimum absolute atomic E-state index is 0.167. The van der Waals surface area contributed by atoms with Gasteiger partial charge in [0.25, 0.3) is 11.1 Å². The number of nitrogen functional groups attached to an aromatic ring is 2. The molecule has 2 rings (SSSR count). The van der Waals surface area contributed by atoms with Crippen LogP contribution in [0.25, 0.3) is 0 Å². The molecule has 7 N–H and O–H groups in total. The van der Waals surface area contributed by atoms with Gasteiger partial charge in [-0.1, -0.05) is 0 Å². The molecule has 0 aliphatic carbocycles. The van der Waals surface area contributed by atoms with Gasteiger partial charge in [0, 0.05) is 17.8 Å². The van der Waals surface area contributed by atoms with Crippen molar-refractivity contribution in [2.24, 2.45) is 0 Å². The number of aromatic nitrogens is 4. The summed E-state index contributed by atoms with van der Waals surface area (Å²) >= 11 is 4.60. The molecule has 0 bridgehead atoms. The lowest BCUT2D eigenvalue weighted by molar-refractivity contribution is 1.08. The molecule has 0 atom stereocenters. The fraction of sp³-hybridized carbons (Fsp3) is 0.111. The minimum Gasteiger partial charge on any atom is -0.385 e. The van der Waals surface area contributed by atoms with E-state index in [0.29, 0.717) is 5.69 Å². The molecule has 2 aromatic heterocycles. The minimum atomic E-state index is -0.281. The highest BCUT2D eigenvalue weighted by Gasteiger charge is 1.89. The molecule has 96 valence electrons. The smallest absolute Gasteiger partial charge is 0.253 e. The van der Waals surface area contributed by atoms with Crippen LogP contribution in [0, 0.1) is 11.7 Å². The van der Waals surface area contributed by atoms with Gasteiger partial charge in [0.15, 0.2) is 4.77 Å². The SMILES string of the molecule is Cc1cc(=O)[nH]c(N)n1.Nc1cc(=O)[nH]c(=S)[nH]1. The topological polar surface area (TPSA) is 146 Å². The Hall–Kier alpha value is -2.42. The first-order valence-corrected chi connectivity index (χ1v) is 5.20. The van der Waals surface area contributed by atoms with E-state index in [1.54, 1.807) is 6.92 Å². The van der Waals surface area contributed by atoms with E-state index in [2.05, 4.69) is 32.2 Å². The molecule has 0 saturated heterocycles. The third kappa shape index (κ3) is 4.61. The molecule has 0 saturated carbocycles. The Bertz CT molecular complexity index is 649. The lowest BCUT2D eigenvalue weighted by atomic mass is 10.5. The zero-order valence-corrected chi connectivity index (χ0v) is 10.3. The van der Waals surface area contributed by atoms with Crippen LogP contribution in [-0.4, -0.2) is 19.9 Å². The first-order valence-electron chi connectivity index (χ1n) is 4.79. The largest absolute Gasteiger partial charge is 0.385 e. The van der Waals surface area contributed by atoms with Gasteiger partial charge in [-0.15, -0.1) is 0 Å². The normalized spacial score (nSPS) is 9.39. The van der Waals surface area contributed by atoms with Gasteiger partial charge < -0.3 is 16.5 Å². The van der Waals surface area contributed by atoms with Gasteiger partial charge in [0.05, 0.1) is 0 Å². The summed E-state index contributed by atoms with van der Waals surface area (Å²) in [5.41, 5.74) is 10.6. The maximum atomic E-state index is 10.5. The van der Waals surface area contributed by atoms with Crippen molar-refractivity contribution in [3.8, 4) is 0 Å². The molecule has 0 aliphatic rings. The van der Waals surface area contributed by atoms with E-state index in [4.69, 9.17) is 11.5 Å². The van der Waals surface area contributed by atoms with Crippen LogP contribution in [0.3, 0.4) is 0 Å². The number of aromatic amines is 3. The highest BCUT2D eigenvalue weighted by molar-refractivity contribution is 7.71. The highest BCUT2D eigenvalue weighted by atomic mass is 32.1. The monoisotopic (exact) mass is 268 g/mol. The molecule has 9 heteroatoms. The predicted octanol–water partition coefficient (Wildman–Crippen LogP) is -0.325. The Morgan fingerprint density at radius 3 is 2.17 bits per heavy atom. The van der Waals surface area contributed by atoms with Crippen LogP contribution in [0.1, 0.15) is 5.69 Å². The zero-order valence-electron chi connectivity index (χ0n) is 9.48. The first-order chi connectivity index (χ1) is 8.36. The van der Waals surface area contributed by atoms with E-state index in [-0.39, 0.29) is 27.7 Å². The number of H-pyrrole nitrogens is 3. The van der Waals surface area contributed by atoms with Crippen LogP contribution < -0.4 is 22.6 Å². The van der Waals surface area contributed by atoms with Gasteiger partial charge in [-0.3, -0.25) is 19.6 Å². The summed E-state index contributed by atoms with van der Waals surface area (Å²) in [5.74, 6) is 0.448. The molecule has 0 radical (unpaired) electrons. The molecule has 0 fully saturated rings. The molecule has 0 unspecified atom stereocenters. The predicted molar refractivity (Wildman–Crippen MR) is 70.7 cm³/mol. The maximum Gasteiger partial charge on any atom is 0.253 e. The fourth-order valence-electron chi connectivity index (χ4n) is 1.09. The lowest BCUT2D eigenvalue weighted by Gasteiger charge is -1.90. The summed E-state index contributed by atoms with van der Waals surface area (Å²) in [6.45, 7) is 1.71. The number of hydrogen-bond acceptors (Lipinski definition) is 6. The second-order valence-corrected chi connectivity index (χ2v) is 3.72. The number of aryl methyl sites for hydroxylation is 1. The second-order valence-electron chi connectivity index (χ2n) is 3.32. The Morgan fingerprint density at radius 1 is 1.11 bits per heavy atom. The average molecular weight is 268 g/mol. The van der Waals surface area contributed by atoms with Crippen molar-refractivity contribution in [2.75, 3.05) is 11.5 Å². The molecule has 0 aliphatic heterocycles. The van der Waals surface area contributed by atoms with Crippen LogP contribution in [0.5, 0.6) is 0 Å². The molecule has 2 aromatic rings. The molecule has 0 aromatic carbocycles. The van der Waals surface area contributed by atoms with Gasteiger partial charge in [0.2, 0.25) is 5.95 Å². The van der Waals surface area contributed by atoms with Crippen LogP contribution in [0.2, 0.25) is 0 Å². The fourth-order valence-corrected chi connectivity index (χ4v) is 1.31. The summed E-state index contributed by atoms with van der Waals surface area (Å²) in [6, 6.07) is 2.62. The molecular weight excluding hydrogens is 256 g/mol. The number of hydrogen-bond donors (Lipinski definition) is 5. The Morgan fingerprint density at radius 2 is 1.72 bits per heavy atom. The summed E-state index contributed by atoms with van der Waals surface area (Å²) in [7, 11) is 0. The summed E-state index contributed by atoms with van der Waals surface area (Å²) < 4.78 is 0.250. The summed E-state index contributed by atoms with van der Waals surface area (Å²) in [4.78, 5) is 32.0. The summed E-state index contributed by atoms with van der Waals surface area (Å²) in [5, 5.41) is 0. The van der Waals surface area contributed by atoms with Crippen LogP contribution in [0.4, 0.5) is 11.8 Å². The Labute approximate surface area is 106 Å². The average Bonchev–Trinajstić information content (AvgIpc) is 2.12. The number of nitrogens with two attached hydrogens (primary N) is 2. The number of rotatable bonds is 0. The summed E-state index contributed by atoms with van der Waals surface area (Å²) in [6.07, 6.45) is 0.